The minimum atomic E-state index is -0.632. The van der Waals surface area contributed by atoms with Gasteiger partial charge >= 0.3 is 5.97 Å². The molecule has 0 amide bonds. The molecule has 1 aliphatic heterocycles. The molecule has 1 saturated heterocycles. The molecule has 1 aliphatic rings. The summed E-state index contributed by atoms with van der Waals surface area (Å²) >= 11 is 3.31. The summed E-state index contributed by atoms with van der Waals surface area (Å²) < 4.78 is 11.6. The number of nitro groups is 1. The van der Waals surface area contributed by atoms with E-state index in [1.165, 1.54) is 12.1 Å². The van der Waals surface area contributed by atoms with Crippen LogP contribution in [0, 0.1) is 10.1 Å². The molecule has 1 fully saturated rings. The fourth-order valence-electron chi connectivity index (χ4n) is 2.55. The molecule has 0 aliphatic carbocycles. The molecule has 1 heterocycles. The average Bonchev–Trinajstić information content (AvgIpc) is 2.63. The molecule has 25 heavy (non-hydrogen) atoms. The van der Waals surface area contributed by atoms with Gasteiger partial charge in [0.1, 0.15) is 5.75 Å². The van der Waals surface area contributed by atoms with Gasteiger partial charge in [-0.25, -0.2) is 4.79 Å². The number of ether oxygens (including phenoxy) is 2. The Hall–Kier alpha value is -2.45. The second-order valence-electron chi connectivity index (χ2n) is 5.40. The molecule has 0 radical (unpaired) electrons. The quantitative estimate of drug-likeness (QED) is 0.334. The first-order chi connectivity index (χ1) is 12.0. The Bertz CT molecular complexity index is 788. The number of nitrogens with zero attached hydrogens (tertiary/aromatic N) is 2. The van der Waals surface area contributed by atoms with Crippen LogP contribution in [-0.4, -0.2) is 37.2 Å². The molecule has 3 rings (SSSR count). The van der Waals surface area contributed by atoms with Crippen molar-refractivity contribution in [1.29, 1.82) is 0 Å². The maximum absolute atomic E-state index is 12.6. The van der Waals surface area contributed by atoms with Crippen molar-refractivity contribution >= 4 is 33.3 Å². The number of anilines is 1. The van der Waals surface area contributed by atoms with Crippen LogP contribution in [0.4, 0.5) is 11.4 Å². The number of esters is 1. The lowest BCUT2D eigenvalue weighted by molar-refractivity contribution is -0.384. The Labute approximate surface area is 152 Å². The predicted octanol–water partition coefficient (Wildman–Crippen LogP) is 3.41. The molecule has 0 spiro atoms. The van der Waals surface area contributed by atoms with Gasteiger partial charge in [0.2, 0.25) is 0 Å². The zero-order valence-corrected chi connectivity index (χ0v) is 14.8. The summed E-state index contributed by atoms with van der Waals surface area (Å²) in [6, 6.07) is 11.0. The van der Waals surface area contributed by atoms with Gasteiger partial charge in [0.05, 0.1) is 29.4 Å². The average molecular weight is 407 g/mol. The monoisotopic (exact) mass is 406 g/mol. The van der Waals surface area contributed by atoms with Crippen molar-refractivity contribution in [3.05, 3.63) is 62.6 Å². The van der Waals surface area contributed by atoms with E-state index in [2.05, 4.69) is 15.9 Å². The number of rotatable bonds is 4. The largest absolute Gasteiger partial charge is 0.423 e. The number of morpholine rings is 1. The van der Waals surface area contributed by atoms with Gasteiger partial charge in [0, 0.05) is 29.7 Å². The van der Waals surface area contributed by atoms with Crippen molar-refractivity contribution in [3.63, 3.8) is 0 Å². The van der Waals surface area contributed by atoms with E-state index in [1.54, 1.807) is 30.3 Å². The molecule has 2 aromatic rings. The van der Waals surface area contributed by atoms with E-state index in [9.17, 15) is 14.9 Å². The molecule has 0 saturated carbocycles. The van der Waals surface area contributed by atoms with Crippen LogP contribution in [0.1, 0.15) is 10.4 Å². The second-order valence-corrected chi connectivity index (χ2v) is 6.32. The van der Waals surface area contributed by atoms with Crippen molar-refractivity contribution < 1.29 is 19.2 Å². The zero-order valence-electron chi connectivity index (χ0n) is 13.2. The van der Waals surface area contributed by atoms with E-state index < -0.39 is 10.9 Å². The van der Waals surface area contributed by atoms with Gasteiger partial charge in [-0.15, -0.1) is 0 Å². The van der Waals surface area contributed by atoms with Gasteiger partial charge in [0.25, 0.3) is 5.69 Å². The summed E-state index contributed by atoms with van der Waals surface area (Å²) in [7, 11) is 0. The lowest BCUT2D eigenvalue weighted by Crippen LogP contribution is -2.37. The van der Waals surface area contributed by atoms with Gasteiger partial charge in [-0.3, -0.25) is 10.1 Å². The number of benzene rings is 2. The number of non-ortho nitro benzene ring substituents is 1. The highest BCUT2D eigenvalue weighted by Gasteiger charge is 2.23. The van der Waals surface area contributed by atoms with Crippen LogP contribution >= 0.6 is 15.9 Å². The van der Waals surface area contributed by atoms with Crippen molar-refractivity contribution in [2.75, 3.05) is 31.2 Å². The number of carbonyl (C=O) groups excluding carboxylic acids is 1. The molecule has 0 atom stereocenters. The molecule has 0 aromatic heterocycles. The lowest BCUT2D eigenvalue weighted by atomic mass is 10.1. The summed E-state index contributed by atoms with van der Waals surface area (Å²) in [6.07, 6.45) is 0. The molecule has 0 unspecified atom stereocenters. The second kappa shape index (κ2) is 7.62. The highest BCUT2D eigenvalue weighted by atomic mass is 79.9. The van der Waals surface area contributed by atoms with Gasteiger partial charge < -0.3 is 14.4 Å². The van der Waals surface area contributed by atoms with E-state index in [0.717, 1.165) is 4.47 Å². The van der Waals surface area contributed by atoms with Crippen LogP contribution in [0.5, 0.6) is 5.75 Å². The molecule has 2 aromatic carbocycles. The predicted molar refractivity (Wildman–Crippen MR) is 95.2 cm³/mol. The van der Waals surface area contributed by atoms with E-state index in [1.807, 2.05) is 4.90 Å². The minimum Gasteiger partial charge on any atom is -0.423 e. The first kappa shape index (κ1) is 17.4. The Morgan fingerprint density at radius 1 is 1.16 bits per heavy atom. The topological polar surface area (TPSA) is 81.9 Å². The molecule has 8 heteroatoms. The molecular formula is C17H15BrN2O5. The van der Waals surface area contributed by atoms with E-state index >= 15 is 0 Å². The minimum absolute atomic E-state index is 0.153. The SMILES string of the molecule is O=C(Oc1ccc(Br)cc1)c1cc([N+](=O)[O-])ccc1N1CCOCC1. The molecule has 0 bridgehead atoms. The third-order valence-corrected chi connectivity index (χ3v) is 4.32. The number of hydrogen-bond acceptors (Lipinski definition) is 6. The van der Waals surface area contributed by atoms with Crippen LogP contribution in [0.3, 0.4) is 0 Å². The highest BCUT2D eigenvalue weighted by Crippen LogP contribution is 2.28. The molecule has 7 nitrogen and oxygen atoms in total. The first-order valence-corrected chi connectivity index (χ1v) is 8.43. The molecule has 0 N–H and O–H groups in total. The Balaban J connectivity index is 1.92. The zero-order chi connectivity index (χ0) is 17.8. The standard InChI is InChI=1S/C17H15BrN2O5/c18-12-1-4-14(5-2-12)25-17(21)15-11-13(20(22)23)3-6-16(15)19-7-9-24-10-8-19/h1-6,11H,7-10H2. The van der Waals surface area contributed by atoms with Gasteiger partial charge in [0.15, 0.2) is 0 Å². The fourth-order valence-corrected chi connectivity index (χ4v) is 2.81. The Morgan fingerprint density at radius 2 is 1.84 bits per heavy atom. The summed E-state index contributed by atoms with van der Waals surface area (Å²) in [5.41, 5.74) is 0.620. The summed E-state index contributed by atoms with van der Waals surface area (Å²) in [5, 5.41) is 11.1. The third-order valence-electron chi connectivity index (χ3n) is 3.79. The number of nitro benzene ring substituents is 1. The van der Waals surface area contributed by atoms with E-state index in [-0.39, 0.29) is 11.3 Å². The van der Waals surface area contributed by atoms with Gasteiger partial charge in [-0.1, -0.05) is 15.9 Å². The van der Waals surface area contributed by atoms with Crippen LogP contribution < -0.4 is 9.64 Å². The normalized spacial score (nSPS) is 14.2. The number of halogens is 1. The van der Waals surface area contributed by atoms with Crippen LogP contribution in [0.25, 0.3) is 0 Å². The molecule has 130 valence electrons. The van der Waals surface area contributed by atoms with Crippen molar-refractivity contribution in [3.8, 4) is 5.75 Å². The smallest absolute Gasteiger partial charge is 0.345 e. The maximum Gasteiger partial charge on any atom is 0.345 e. The van der Waals surface area contributed by atoms with Gasteiger partial charge in [-0.2, -0.15) is 0 Å². The summed E-state index contributed by atoms with van der Waals surface area (Å²) in [5.74, 6) is -0.264. The van der Waals surface area contributed by atoms with E-state index in [4.69, 9.17) is 9.47 Å². The number of carbonyl (C=O) groups is 1. The summed E-state index contributed by atoms with van der Waals surface area (Å²) in [4.78, 5) is 25.1. The van der Waals surface area contributed by atoms with Crippen LogP contribution in [-0.2, 0) is 4.74 Å². The Kier molecular flexibility index (Phi) is 5.30. The third kappa shape index (κ3) is 4.15. The van der Waals surface area contributed by atoms with Crippen molar-refractivity contribution in [2.45, 2.75) is 0 Å². The van der Waals surface area contributed by atoms with E-state index in [0.29, 0.717) is 37.7 Å². The fraction of sp³-hybridized carbons (Fsp3) is 0.235. The van der Waals surface area contributed by atoms with Crippen molar-refractivity contribution in [2.24, 2.45) is 0 Å². The first-order valence-electron chi connectivity index (χ1n) is 7.63. The van der Waals surface area contributed by atoms with Crippen molar-refractivity contribution in [1.82, 2.24) is 0 Å². The summed E-state index contributed by atoms with van der Waals surface area (Å²) in [6.45, 7) is 2.29. The maximum atomic E-state index is 12.6. The van der Waals surface area contributed by atoms with Gasteiger partial charge in [-0.05, 0) is 30.3 Å². The molecular weight excluding hydrogens is 392 g/mol. The van der Waals surface area contributed by atoms with Crippen LogP contribution in [0.2, 0.25) is 0 Å². The lowest BCUT2D eigenvalue weighted by Gasteiger charge is -2.30. The van der Waals surface area contributed by atoms with Crippen LogP contribution in [0.15, 0.2) is 46.9 Å². The Morgan fingerprint density at radius 3 is 2.48 bits per heavy atom. The highest BCUT2D eigenvalue weighted by molar-refractivity contribution is 9.10. The number of hydrogen-bond donors (Lipinski definition) is 0.